The molecule has 1 nitrogen and oxygen atoms in total. The van der Waals surface area contributed by atoms with Crippen molar-refractivity contribution >= 4 is 15.9 Å². The summed E-state index contributed by atoms with van der Waals surface area (Å²) in [4.78, 5) is 0. The van der Waals surface area contributed by atoms with Crippen LogP contribution in [0, 0.1) is 32.4 Å². The van der Waals surface area contributed by atoms with Crippen LogP contribution in [0.4, 0.5) is 8.78 Å². The third kappa shape index (κ3) is 2.21. The zero-order chi connectivity index (χ0) is 13.4. The predicted molar refractivity (Wildman–Crippen MR) is 71.8 cm³/mol. The van der Waals surface area contributed by atoms with Gasteiger partial charge in [-0.05, 0) is 60.0 Å². The van der Waals surface area contributed by atoms with Crippen molar-refractivity contribution in [2.24, 2.45) is 0 Å². The predicted octanol–water partition coefficient (Wildman–Crippen LogP) is 4.50. The maximum atomic E-state index is 13.9. The van der Waals surface area contributed by atoms with Crippen LogP contribution in [0.3, 0.4) is 0 Å². The molecule has 0 unspecified atom stereocenters. The van der Waals surface area contributed by atoms with E-state index in [2.05, 4.69) is 15.9 Å². The Hall–Kier alpha value is -1.16. The first kappa shape index (κ1) is 13.3. The molecule has 0 bridgehead atoms. The Kier molecular flexibility index (Phi) is 3.57. The second-order valence-electron chi connectivity index (χ2n) is 4.47. The summed E-state index contributed by atoms with van der Waals surface area (Å²) in [5.41, 5.74) is 3.41. The van der Waals surface area contributed by atoms with Crippen molar-refractivity contribution in [2.75, 3.05) is 0 Å². The van der Waals surface area contributed by atoms with Crippen molar-refractivity contribution in [3.63, 3.8) is 0 Å². The molecular formula is C14H14BrF2N. The van der Waals surface area contributed by atoms with Gasteiger partial charge >= 0.3 is 0 Å². The van der Waals surface area contributed by atoms with Crippen LogP contribution in [-0.4, -0.2) is 4.57 Å². The van der Waals surface area contributed by atoms with Gasteiger partial charge in [0.25, 0.3) is 0 Å². The van der Waals surface area contributed by atoms with E-state index in [4.69, 9.17) is 0 Å². The highest BCUT2D eigenvalue weighted by Gasteiger charge is 2.14. The molecule has 0 saturated carbocycles. The zero-order valence-electron chi connectivity index (χ0n) is 10.5. The molecule has 96 valence electrons. The fourth-order valence-corrected chi connectivity index (χ4v) is 2.35. The van der Waals surface area contributed by atoms with Gasteiger partial charge in [0.2, 0.25) is 0 Å². The molecule has 0 aliphatic carbocycles. The lowest BCUT2D eigenvalue weighted by Crippen LogP contribution is -2.06. The molecule has 1 heterocycles. The fraction of sp³-hybridized carbons (Fsp3) is 0.286. The summed E-state index contributed by atoms with van der Waals surface area (Å²) in [6.45, 7) is 6.16. The third-order valence-electron chi connectivity index (χ3n) is 3.38. The first-order valence-corrected chi connectivity index (χ1v) is 6.46. The lowest BCUT2D eigenvalue weighted by Gasteiger charge is -2.10. The van der Waals surface area contributed by atoms with E-state index in [9.17, 15) is 8.78 Å². The van der Waals surface area contributed by atoms with Crippen LogP contribution in [0.25, 0.3) is 0 Å². The van der Waals surface area contributed by atoms with Gasteiger partial charge in [-0.25, -0.2) is 8.78 Å². The number of aromatic nitrogens is 1. The summed E-state index contributed by atoms with van der Waals surface area (Å²) in [6.07, 6.45) is 1.92. The van der Waals surface area contributed by atoms with Crippen molar-refractivity contribution in [1.82, 2.24) is 4.57 Å². The smallest absolute Gasteiger partial charge is 0.145 e. The van der Waals surface area contributed by atoms with Gasteiger partial charge in [-0.15, -0.1) is 0 Å². The molecule has 0 N–H and O–H groups in total. The fourth-order valence-electron chi connectivity index (χ4n) is 1.98. The SMILES string of the molecule is Cc1cn(Cc2c(F)ccc(Br)c2F)c(C)c1C. The number of halogens is 3. The molecular weight excluding hydrogens is 300 g/mol. The Balaban J connectivity index is 2.46. The van der Waals surface area contributed by atoms with Gasteiger partial charge < -0.3 is 4.57 Å². The summed E-state index contributed by atoms with van der Waals surface area (Å²) < 4.78 is 29.7. The van der Waals surface area contributed by atoms with Crippen molar-refractivity contribution in [3.05, 3.63) is 56.8 Å². The van der Waals surface area contributed by atoms with E-state index >= 15 is 0 Å². The molecule has 2 rings (SSSR count). The number of aryl methyl sites for hydroxylation is 1. The van der Waals surface area contributed by atoms with E-state index < -0.39 is 11.6 Å². The van der Waals surface area contributed by atoms with Gasteiger partial charge in [0.1, 0.15) is 11.6 Å². The van der Waals surface area contributed by atoms with E-state index in [-0.39, 0.29) is 16.6 Å². The highest BCUT2D eigenvalue weighted by Crippen LogP contribution is 2.24. The molecule has 0 aliphatic rings. The van der Waals surface area contributed by atoms with Crippen LogP contribution in [0.1, 0.15) is 22.4 Å². The maximum absolute atomic E-state index is 13.9. The lowest BCUT2D eigenvalue weighted by atomic mass is 10.2. The minimum absolute atomic E-state index is 0.0856. The van der Waals surface area contributed by atoms with Crippen LogP contribution >= 0.6 is 15.9 Å². The third-order valence-corrected chi connectivity index (χ3v) is 3.99. The molecule has 0 fully saturated rings. The van der Waals surface area contributed by atoms with Gasteiger partial charge in [0.05, 0.1) is 11.0 Å². The molecule has 0 radical (unpaired) electrons. The highest BCUT2D eigenvalue weighted by atomic mass is 79.9. The van der Waals surface area contributed by atoms with Crippen molar-refractivity contribution in [2.45, 2.75) is 27.3 Å². The molecule has 0 amide bonds. The monoisotopic (exact) mass is 313 g/mol. The van der Waals surface area contributed by atoms with Gasteiger partial charge in [0.15, 0.2) is 0 Å². The summed E-state index contributed by atoms with van der Waals surface area (Å²) in [5, 5.41) is 0. The molecule has 1 aromatic carbocycles. The van der Waals surface area contributed by atoms with E-state index in [1.54, 1.807) is 0 Å². The standard InChI is InChI=1S/C14H14BrF2N/c1-8-6-18(10(3)9(8)2)7-11-13(16)5-4-12(15)14(11)17/h4-6H,7H2,1-3H3. The van der Waals surface area contributed by atoms with Crippen LogP contribution in [-0.2, 0) is 6.54 Å². The Morgan fingerprint density at radius 1 is 1.17 bits per heavy atom. The quantitative estimate of drug-likeness (QED) is 0.719. The van der Waals surface area contributed by atoms with Crippen molar-refractivity contribution in [3.8, 4) is 0 Å². The average molecular weight is 314 g/mol. The van der Waals surface area contributed by atoms with E-state index in [0.717, 1.165) is 16.8 Å². The van der Waals surface area contributed by atoms with Gasteiger partial charge in [-0.1, -0.05) is 0 Å². The van der Waals surface area contributed by atoms with Crippen molar-refractivity contribution in [1.29, 1.82) is 0 Å². The summed E-state index contributed by atoms with van der Waals surface area (Å²) >= 11 is 3.08. The number of hydrogen-bond acceptors (Lipinski definition) is 0. The molecule has 0 atom stereocenters. The van der Waals surface area contributed by atoms with E-state index in [0.29, 0.717) is 0 Å². The summed E-state index contributed by atoms with van der Waals surface area (Å²) in [5.74, 6) is -1.04. The van der Waals surface area contributed by atoms with Crippen LogP contribution in [0.15, 0.2) is 22.8 Å². The van der Waals surface area contributed by atoms with Crippen molar-refractivity contribution < 1.29 is 8.78 Å². The first-order chi connectivity index (χ1) is 8.41. The Bertz CT molecular complexity index is 602. The Morgan fingerprint density at radius 3 is 2.39 bits per heavy atom. The highest BCUT2D eigenvalue weighted by molar-refractivity contribution is 9.10. The van der Waals surface area contributed by atoms with Gasteiger partial charge in [-0.3, -0.25) is 0 Å². The Labute approximate surface area is 114 Å². The lowest BCUT2D eigenvalue weighted by molar-refractivity contribution is 0.539. The molecule has 1 aromatic heterocycles. The second-order valence-corrected chi connectivity index (χ2v) is 5.33. The van der Waals surface area contributed by atoms with Crippen LogP contribution in [0.2, 0.25) is 0 Å². The molecule has 0 spiro atoms. The maximum Gasteiger partial charge on any atom is 0.145 e. The number of nitrogens with zero attached hydrogens (tertiary/aromatic N) is 1. The van der Waals surface area contributed by atoms with E-state index in [1.165, 1.54) is 12.1 Å². The normalized spacial score (nSPS) is 11.0. The largest absolute Gasteiger partial charge is 0.347 e. The number of benzene rings is 1. The zero-order valence-corrected chi connectivity index (χ0v) is 12.1. The number of rotatable bonds is 2. The number of hydrogen-bond donors (Lipinski definition) is 0. The molecule has 18 heavy (non-hydrogen) atoms. The Morgan fingerprint density at radius 2 is 1.83 bits per heavy atom. The minimum Gasteiger partial charge on any atom is -0.347 e. The van der Waals surface area contributed by atoms with Crippen LogP contribution in [0.5, 0.6) is 0 Å². The minimum atomic E-state index is -0.529. The summed E-state index contributed by atoms with van der Waals surface area (Å²) in [6, 6.07) is 2.66. The summed E-state index contributed by atoms with van der Waals surface area (Å²) in [7, 11) is 0. The molecule has 2 aromatic rings. The second kappa shape index (κ2) is 4.84. The molecule has 0 aliphatic heterocycles. The molecule has 4 heteroatoms. The van der Waals surface area contributed by atoms with Crippen LogP contribution < -0.4 is 0 Å². The molecule has 0 saturated heterocycles. The van der Waals surface area contributed by atoms with E-state index in [1.807, 2.05) is 31.5 Å². The average Bonchev–Trinajstić information content (AvgIpc) is 2.57. The topological polar surface area (TPSA) is 4.93 Å². The van der Waals surface area contributed by atoms with Gasteiger partial charge in [0, 0.05) is 17.5 Å². The first-order valence-electron chi connectivity index (χ1n) is 5.67. The van der Waals surface area contributed by atoms with Gasteiger partial charge in [-0.2, -0.15) is 0 Å².